The molecule has 0 unspecified atom stereocenters. The Morgan fingerprint density at radius 3 is 1.42 bits per heavy atom. The zero-order valence-electron chi connectivity index (χ0n) is 16.0. The van der Waals surface area contributed by atoms with Gasteiger partial charge >= 0.3 is 11.9 Å². The maximum absolute atomic E-state index is 12.5. The number of rotatable bonds is 4. The molecule has 0 radical (unpaired) electrons. The van der Waals surface area contributed by atoms with E-state index < -0.39 is 33.5 Å². The van der Waals surface area contributed by atoms with Crippen molar-refractivity contribution in [2.75, 3.05) is 14.2 Å². The Kier molecular flexibility index (Phi) is 4.65. The lowest BCUT2D eigenvalue weighted by Gasteiger charge is -2.25. The van der Waals surface area contributed by atoms with Gasteiger partial charge in [0.25, 0.3) is 0 Å². The largest absolute Gasteiger partial charge is 0.476 e. The number of furan rings is 1. The first-order valence-electron chi connectivity index (χ1n) is 8.21. The van der Waals surface area contributed by atoms with E-state index in [-0.39, 0.29) is 0 Å². The summed E-state index contributed by atoms with van der Waals surface area (Å²) in [6, 6.07) is 0. The molecule has 134 valence electrons. The quantitative estimate of drug-likeness (QED) is 0.461. The van der Waals surface area contributed by atoms with Gasteiger partial charge in [0, 0.05) is 12.8 Å². The number of methoxy groups -OCH3 is 2. The molecule has 7 heteroatoms. The van der Waals surface area contributed by atoms with Crippen LogP contribution in [0.15, 0.2) is 4.42 Å². The van der Waals surface area contributed by atoms with Gasteiger partial charge in [-0.3, -0.25) is 9.59 Å². The summed E-state index contributed by atoms with van der Waals surface area (Å²) < 4.78 is 16.3. The Hall–Kier alpha value is -1.35. The van der Waals surface area contributed by atoms with Crippen LogP contribution in [0.5, 0.6) is 0 Å². The summed E-state index contributed by atoms with van der Waals surface area (Å²) in [6.45, 7) is 13.3. The highest BCUT2D eigenvalue weighted by Gasteiger charge is 2.56. The van der Waals surface area contributed by atoms with E-state index in [0.29, 0.717) is 12.8 Å². The second kappa shape index (κ2) is 5.87. The SMILES string of the molecule is COC(=O)C1(C(=O)OC)Cc2c([Si](C)(C)C)oc([Si](C)(C)C)c2C1. The van der Waals surface area contributed by atoms with E-state index >= 15 is 0 Å². The molecule has 1 aliphatic rings. The summed E-state index contributed by atoms with van der Waals surface area (Å²) in [4.78, 5) is 25.0. The van der Waals surface area contributed by atoms with Crippen LogP contribution < -0.4 is 10.8 Å². The lowest BCUT2D eigenvalue weighted by molar-refractivity contribution is -0.168. The Balaban J connectivity index is 2.68. The highest BCUT2D eigenvalue weighted by atomic mass is 28.3. The van der Waals surface area contributed by atoms with Gasteiger partial charge in [-0.2, -0.15) is 0 Å². The normalized spacial score (nSPS) is 16.7. The van der Waals surface area contributed by atoms with Crippen LogP contribution in [0.2, 0.25) is 39.3 Å². The van der Waals surface area contributed by atoms with Gasteiger partial charge in [-0.25, -0.2) is 0 Å². The van der Waals surface area contributed by atoms with Crippen molar-refractivity contribution in [1.82, 2.24) is 0 Å². The smallest absolute Gasteiger partial charge is 0.323 e. The first kappa shape index (κ1) is 19.0. The number of carbonyl (C=O) groups is 2. The van der Waals surface area contributed by atoms with Crippen LogP contribution in [0, 0.1) is 5.41 Å². The molecular weight excluding hydrogens is 340 g/mol. The minimum atomic E-state index is -1.75. The van der Waals surface area contributed by atoms with Gasteiger partial charge in [0.1, 0.15) is 16.1 Å². The Bertz CT molecular complexity index is 620. The van der Waals surface area contributed by atoms with Crippen molar-refractivity contribution < 1.29 is 23.5 Å². The van der Waals surface area contributed by atoms with E-state index in [0.717, 1.165) is 21.9 Å². The average Bonchev–Trinajstić information content (AvgIpc) is 2.99. The number of hydrogen-bond donors (Lipinski definition) is 0. The molecule has 5 nitrogen and oxygen atoms in total. The predicted molar refractivity (Wildman–Crippen MR) is 98.5 cm³/mol. The summed E-state index contributed by atoms with van der Waals surface area (Å²) >= 11 is 0. The van der Waals surface area contributed by atoms with Crippen LogP contribution in [0.25, 0.3) is 0 Å². The first-order chi connectivity index (χ1) is 10.9. The topological polar surface area (TPSA) is 65.7 Å². The molecule has 0 aliphatic heterocycles. The minimum absolute atomic E-state index is 0.315. The summed E-state index contributed by atoms with van der Waals surface area (Å²) in [5.74, 6) is -1.04. The highest BCUT2D eigenvalue weighted by Crippen LogP contribution is 2.40. The number of hydrogen-bond acceptors (Lipinski definition) is 5. The number of fused-ring (bicyclic) bond motifs is 1. The third kappa shape index (κ3) is 2.88. The highest BCUT2D eigenvalue weighted by molar-refractivity contribution is 6.90. The van der Waals surface area contributed by atoms with Crippen LogP contribution in [0.4, 0.5) is 0 Å². The van der Waals surface area contributed by atoms with Gasteiger partial charge in [-0.05, 0) is 11.1 Å². The predicted octanol–water partition coefficient (Wildman–Crippen LogP) is 1.80. The molecular formula is C17H28O5Si2. The molecule has 0 N–H and O–H groups in total. The van der Waals surface area contributed by atoms with Crippen molar-refractivity contribution in [3.8, 4) is 0 Å². The van der Waals surface area contributed by atoms with Gasteiger partial charge in [-0.15, -0.1) is 0 Å². The standard InChI is InChI=1S/C17H28O5Si2/c1-20-15(18)17(16(19)21-2)9-11-12(10-17)14(24(6,7)8)22-13(11)23(3,4)5/h9-10H2,1-8H3. The molecule has 0 amide bonds. The van der Waals surface area contributed by atoms with E-state index in [9.17, 15) is 9.59 Å². The molecule has 1 heterocycles. The average molecular weight is 369 g/mol. The van der Waals surface area contributed by atoms with Crippen molar-refractivity contribution >= 4 is 38.9 Å². The summed E-state index contributed by atoms with van der Waals surface area (Å²) in [5, 5.41) is 2.01. The molecule has 2 rings (SSSR count). The third-order valence-corrected chi connectivity index (χ3v) is 8.12. The van der Waals surface area contributed by atoms with Gasteiger partial charge in [-0.1, -0.05) is 39.3 Å². The molecule has 0 aromatic carbocycles. The molecule has 0 saturated carbocycles. The minimum Gasteiger partial charge on any atom is -0.476 e. The summed E-state index contributed by atoms with van der Waals surface area (Å²) in [6.07, 6.45) is 0.629. The van der Waals surface area contributed by atoms with Gasteiger partial charge in [0.2, 0.25) is 0 Å². The van der Waals surface area contributed by atoms with Crippen molar-refractivity contribution in [2.24, 2.45) is 5.41 Å². The van der Waals surface area contributed by atoms with Gasteiger partial charge in [0.15, 0.2) is 5.41 Å². The van der Waals surface area contributed by atoms with Crippen LogP contribution >= 0.6 is 0 Å². The van der Waals surface area contributed by atoms with E-state index in [1.54, 1.807) is 0 Å². The summed E-state index contributed by atoms with van der Waals surface area (Å²) in [7, 11) is -0.861. The molecule has 1 aromatic rings. The maximum atomic E-state index is 12.5. The zero-order valence-corrected chi connectivity index (χ0v) is 18.0. The number of ether oxygens (including phenoxy) is 2. The van der Waals surface area contributed by atoms with Gasteiger partial charge < -0.3 is 13.9 Å². The van der Waals surface area contributed by atoms with Crippen molar-refractivity contribution in [2.45, 2.75) is 52.1 Å². The second-order valence-electron chi connectivity index (χ2n) is 8.64. The van der Waals surface area contributed by atoms with E-state index in [1.165, 1.54) is 14.2 Å². The number of esters is 2. The number of carbonyl (C=O) groups excluding carboxylic acids is 2. The van der Waals surface area contributed by atoms with Crippen LogP contribution in [0.1, 0.15) is 11.1 Å². The molecule has 1 aromatic heterocycles. The molecule has 0 saturated heterocycles. The van der Waals surface area contributed by atoms with Crippen LogP contribution in [-0.2, 0) is 31.9 Å². The van der Waals surface area contributed by atoms with Crippen LogP contribution in [0.3, 0.4) is 0 Å². The molecule has 0 bridgehead atoms. The fourth-order valence-electron chi connectivity index (χ4n) is 3.51. The molecule has 1 aliphatic carbocycles. The Morgan fingerprint density at radius 2 is 1.17 bits per heavy atom. The molecule has 24 heavy (non-hydrogen) atoms. The lowest BCUT2D eigenvalue weighted by Crippen LogP contribution is -2.47. The van der Waals surface area contributed by atoms with Crippen LogP contribution in [-0.4, -0.2) is 42.3 Å². The van der Waals surface area contributed by atoms with Crippen molar-refractivity contribution in [1.29, 1.82) is 0 Å². The fourth-order valence-corrected chi connectivity index (χ4v) is 6.72. The van der Waals surface area contributed by atoms with Crippen molar-refractivity contribution in [3.63, 3.8) is 0 Å². The first-order valence-corrected chi connectivity index (χ1v) is 15.2. The molecule has 0 atom stereocenters. The molecule has 0 spiro atoms. The third-order valence-electron chi connectivity index (χ3n) is 4.59. The maximum Gasteiger partial charge on any atom is 0.323 e. The van der Waals surface area contributed by atoms with E-state index in [2.05, 4.69) is 39.3 Å². The Labute approximate surface area is 145 Å². The van der Waals surface area contributed by atoms with E-state index in [4.69, 9.17) is 13.9 Å². The van der Waals surface area contributed by atoms with Crippen molar-refractivity contribution in [3.05, 3.63) is 11.1 Å². The Morgan fingerprint density at radius 1 is 0.833 bits per heavy atom. The van der Waals surface area contributed by atoms with Gasteiger partial charge in [0.05, 0.1) is 25.0 Å². The fraction of sp³-hybridized carbons (Fsp3) is 0.647. The second-order valence-corrected chi connectivity index (χ2v) is 18.5. The monoisotopic (exact) mass is 368 g/mol. The molecule has 0 fully saturated rings. The van der Waals surface area contributed by atoms with E-state index in [1.807, 2.05) is 0 Å². The lowest BCUT2D eigenvalue weighted by atomic mass is 9.85. The zero-order chi connectivity index (χ0) is 18.5. The summed E-state index contributed by atoms with van der Waals surface area (Å²) in [5.41, 5.74) is 0.818.